The maximum Gasteiger partial charge on any atom is 0.284 e. The average molecular weight is 403 g/mol. The number of nitrogens with zero attached hydrogens (tertiary/aromatic N) is 4. The van der Waals surface area contributed by atoms with E-state index in [0.29, 0.717) is 5.82 Å². The van der Waals surface area contributed by atoms with E-state index in [-0.39, 0.29) is 17.4 Å². The Kier molecular flexibility index (Phi) is 5.43. The van der Waals surface area contributed by atoms with Crippen LogP contribution >= 0.6 is 0 Å². The van der Waals surface area contributed by atoms with Crippen molar-refractivity contribution in [2.45, 2.75) is 31.7 Å². The number of rotatable bonds is 5. The van der Waals surface area contributed by atoms with Gasteiger partial charge in [-0.3, -0.25) is 9.48 Å². The van der Waals surface area contributed by atoms with E-state index in [1.807, 2.05) is 12.1 Å². The minimum absolute atomic E-state index is 0.0127. The fraction of sp³-hybridized carbons (Fsp3) is 0.421. The maximum absolute atomic E-state index is 13.1. The number of aromatic nitrogens is 4. The van der Waals surface area contributed by atoms with Crippen molar-refractivity contribution in [2.24, 2.45) is 7.05 Å². The van der Waals surface area contributed by atoms with Gasteiger partial charge >= 0.3 is 0 Å². The quantitative estimate of drug-likeness (QED) is 0.610. The third-order valence-electron chi connectivity index (χ3n) is 4.95. The molecule has 1 unspecified atom stereocenters. The Morgan fingerprint density at radius 2 is 2.07 bits per heavy atom. The summed E-state index contributed by atoms with van der Waals surface area (Å²) in [6, 6.07) is 7.38. The number of hydrogen-bond acceptors (Lipinski definition) is 5. The molecular weight excluding hydrogens is 380 g/mol. The van der Waals surface area contributed by atoms with E-state index in [2.05, 4.69) is 26.1 Å². The van der Waals surface area contributed by atoms with Crippen LogP contribution in [0.1, 0.15) is 41.9 Å². The number of carbonyl (C=O) groups is 1. The lowest BCUT2D eigenvalue weighted by atomic mass is 10.1. The smallest absolute Gasteiger partial charge is 0.284 e. The lowest BCUT2D eigenvalue weighted by Crippen LogP contribution is -2.31. The van der Waals surface area contributed by atoms with Crippen LogP contribution in [0.4, 0.5) is 20.3 Å². The molecule has 29 heavy (non-hydrogen) atoms. The first-order valence-corrected chi connectivity index (χ1v) is 9.60. The number of fused-ring (bicyclic) bond motifs is 1. The van der Waals surface area contributed by atoms with Gasteiger partial charge in [-0.2, -0.15) is 5.10 Å². The number of nitrogens with one attached hydrogen (secondary N) is 3. The van der Waals surface area contributed by atoms with Crippen molar-refractivity contribution in [3.8, 4) is 0 Å². The van der Waals surface area contributed by atoms with E-state index in [0.717, 1.165) is 37.9 Å². The van der Waals surface area contributed by atoms with Crippen LogP contribution in [-0.2, 0) is 7.05 Å². The molecule has 154 valence electrons. The lowest BCUT2D eigenvalue weighted by molar-refractivity contribution is 0.101. The van der Waals surface area contributed by atoms with Gasteiger partial charge in [-0.15, -0.1) is 5.10 Å². The Morgan fingerprint density at radius 3 is 2.90 bits per heavy atom. The number of halogens is 2. The van der Waals surface area contributed by atoms with Crippen molar-refractivity contribution in [3.63, 3.8) is 0 Å². The molecule has 1 amide bonds. The molecule has 0 saturated carbocycles. The molecule has 1 fully saturated rings. The van der Waals surface area contributed by atoms with Crippen molar-refractivity contribution in [3.05, 3.63) is 41.9 Å². The van der Waals surface area contributed by atoms with E-state index in [9.17, 15) is 13.6 Å². The SMILES string of the molecule is Cn1cc(NC(=O)c2ccc3ccc(NC4CCCCNC4)nn23)c(C(F)F)n1. The highest BCUT2D eigenvalue weighted by Crippen LogP contribution is 2.25. The highest BCUT2D eigenvalue weighted by Gasteiger charge is 2.21. The summed E-state index contributed by atoms with van der Waals surface area (Å²) in [6.07, 6.45) is 1.92. The molecule has 3 N–H and O–H groups in total. The average Bonchev–Trinajstić information content (AvgIpc) is 3.17. The summed E-state index contributed by atoms with van der Waals surface area (Å²) in [5, 5.41) is 17.6. The summed E-state index contributed by atoms with van der Waals surface area (Å²) in [6.45, 7) is 1.87. The minimum atomic E-state index is -2.78. The largest absolute Gasteiger partial charge is 0.365 e. The van der Waals surface area contributed by atoms with Crippen LogP contribution < -0.4 is 16.0 Å². The summed E-state index contributed by atoms with van der Waals surface area (Å²) in [5.74, 6) is 0.131. The van der Waals surface area contributed by atoms with E-state index in [1.54, 1.807) is 12.1 Å². The number of amides is 1. The molecule has 10 heteroatoms. The summed E-state index contributed by atoms with van der Waals surface area (Å²) in [4.78, 5) is 12.7. The summed E-state index contributed by atoms with van der Waals surface area (Å²) in [7, 11) is 1.52. The molecule has 4 heterocycles. The molecule has 0 aromatic carbocycles. The van der Waals surface area contributed by atoms with Crippen LogP contribution in [-0.4, -0.2) is 44.4 Å². The van der Waals surface area contributed by atoms with Gasteiger partial charge in [0, 0.05) is 25.8 Å². The van der Waals surface area contributed by atoms with Crippen LogP contribution in [0.5, 0.6) is 0 Å². The molecule has 0 spiro atoms. The van der Waals surface area contributed by atoms with Gasteiger partial charge in [0.2, 0.25) is 0 Å². The van der Waals surface area contributed by atoms with Crippen molar-refractivity contribution in [1.29, 1.82) is 0 Å². The first-order valence-electron chi connectivity index (χ1n) is 9.60. The molecule has 0 aliphatic carbocycles. The first-order chi connectivity index (χ1) is 14.0. The maximum atomic E-state index is 13.1. The van der Waals surface area contributed by atoms with E-state index < -0.39 is 18.0 Å². The second-order valence-electron chi connectivity index (χ2n) is 7.17. The van der Waals surface area contributed by atoms with Gasteiger partial charge in [0.15, 0.2) is 5.69 Å². The normalized spacial score (nSPS) is 17.4. The molecule has 0 bridgehead atoms. The van der Waals surface area contributed by atoms with Crippen LogP contribution in [0.15, 0.2) is 30.5 Å². The van der Waals surface area contributed by atoms with Crippen LogP contribution in [0.3, 0.4) is 0 Å². The van der Waals surface area contributed by atoms with Crippen molar-refractivity contribution < 1.29 is 13.6 Å². The third-order valence-corrected chi connectivity index (χ3v) is 4.95. The van der Waals surface area contributed by atoms with Gasteiger partial charge in [-0.05, 0) is 43.7 Å². The fourth-order valence-electron chi connectivity index (χ4n) is 3.54. The zero-order valence-corrected chi connectivity index (χ0v) is 16.0. The molecule has 1 saturated heterocycles. The standard InChI is InChI=1S/C19H23F2N7O/c1-27-11-14(17(26-27)18(20)21)24-19(29)15-7-5-13-6-8-16(25-28(13)15)23-12-4-2-3-9-22-10-12/h5-8,11-12,18,22H,2-4,9-10H2,1H3,(H,23,25)(H,24,29). The predicted octanol–water partition coefficient (Wildman–Crippen LogP) is 2.81. The van der Waals surface area contributed by atoms with E-state index in [1.165, 1.54) is 22.4 Å². The molecule has 1 aliphatic heterocycles. The third kappa shape index (κ3) is 4.21. The molecule has 4 rings (SSSR count). The Balaban J connectivity index is 1.56. The monoisotopic (exact) mass is 403 g/mol. The Labute approximate surface area is 166 Å². The van der Waals surface area contributed by atoms with Gasteiger partial charge in [-0.25, -0.2) is 13.3 Å². The number of hydrogen-bond donors (Lipinski definition) is 3. The number of anilines is 2. The Bertz CT molecular complexity index is 1010. The summed E-state index contributed by atoms with van der Waals surface area (Å²) >= 11 is 0. The highest BCUT2D eigenvalue weighted by atomic mass is 19.3. The molecule has 8 nitrogen and oxygen atoms in total. The van der Waals surface area contributed by atoms with E-state index >= 15 is 0 Å². The van der Waals surface area contributed by atoms with Crippen LogP contribution in [0.2, 0.25) is 0 Å². The minimum Gasteiger partial charge on any atom is -0.365 e. The van der Waals surface area contributed by atoms with Gasteiger partial charge in [-0.1, -0.05) is 6.42 Å². The van der Waals surface area contributed by atoms with Crippen LogP contribution in [0, 0.1) is 0 Å². The number of alkyl halides is 2. The van der Waals surface area contributed by atoms with Crippen molar-refractivity contribution in [2.75, 3.05) is 23.7 Å². The first kappa shape index (κ1) is 19.3. The second kappa shape index (κ2) is 8.16. The summed E-state index contributed by atoms with van der Waals surface area (Å²) in [5.41, 5.74) is 0.519. The zero-order chi connectivity index (χ0) is 20.4. The summed E-state index contributed by atoms with van der Waals surface area (Å²) < 4.78 is 29.0. The Morgan fingerprint density at radius 1 is 1.24 bits per heavy atom. The van der Waals surface area contributed by atoms with Crippen molar-refractivity contribution >= 4 is 22.9 Å². The number of carbonyl (C=O) groups excluding carboxylic acids is 1. The number of aryl methyl sites for hydroxylation is 1. The van der Waals surface area contributed by atoms with Gasteiger partial charge in [0.05, 0.1) is 11.2 Å². The molecule has 0 radical (unpaired) electrons. The molecule has 1 atom stereocenters. The predicted molar refractivity (Wildman–Crippen MR) is 105 cm³/mol. The molecule has 1 aliphatic rings. The molecular formula is C19H23F2N7O. The zero-order valence-electron chi connectivity index (χ0n) is 16.0. The fourth-order valence-corrected chi connectivity index (χ4v) is 3.54. The lowest BCUT2D eigenvalue weighted by Gasteiger charge is -2.17. The highest BCUT2D eigenvalue weighted by molar-refractivity contribution is 6.04. The van der Waals surface area contributed by atoms with Crippen molar-refractivity contribution in [1.82, 2.24) is 24.7 Å². The topological polar surface area (TPSA) is 88.3 Å². The molecule has 3 aromatic heterocycles. The second-order valence-corrected chi connectivity index (χ2v) is 7.17. The van der Waals surface area contributed by atoms with Crippen LogP contribution in [0.25, 0.3) is 5.52 Å². The van der Waals surface area contributed by atoms with Gasteiger partial charge < -0.3 is 16.0 Å². The van der Waals surface area contributed by atoms with Gasteiger partial charge in [0.25, 0.3) is 12.3 Å². The Hall–Kier alpha value is -3.01. The molecule has 3 aromatic rings. The van der Waals surface area contributed by atoms with E-state index in [4.69, 9.17) is 0 Å². The van der Waals surface area contributed by atoms with Gasteiger partial charge in [0.1, 0.15) is 11.5 Å².